The molecule has 45 heavy (non-hydrogen) atoms. The van der Waals surface area contributed by atoms with Crippen LogP contribution in [0.4, 0.5) is 5.13 Å². The number of thiazole rings is 1. The number of anilines is 1. The van der Waals surface area contributed by atoms with E-state index in [1.807, 2.05) is 30.9 Å². The second-order valence-electron chi connectivity index (χ2n) is 11.3. The molecule has 2 heterocycles. The smallest absolute Gasteiger partial charge is 0.254 e. The minimum Gasteiger partial charge on any atom is -0.497 e. The summed E-state index contributed by atoms with van der Waals surface area (Å²) in [5, 5.41) is 5.00. The number of nitrogens with zero attached hydrogens (tertiary/aromatic N) is 4. The highest BCUT2D eigenvalue weighted by Gasteiger charge is 2.28. The van der Waals surface area contributed by atoms with E-state index in [4.69, 9.17) is 4.74 Å². The molecule has 0 atom stereocenters. The number of methoxy groups -OCH3 is 1. The molecule has 9 nitrogen and oxygen atoms in total. The summed E-state index contributed by atoms with van der Waals surface area (Å²) >= 11 is 1.27. The quantitative estimate of drug-likeness (QED) is 0.249. The van der Waals surface area contributed by atoms with Crippen LogP contribution in [0.1, 0.15) is 47.1 Å². The summed E-state index contributed by atoms with van der Waals surface area (Å²) in [6.45, 7) is 6.41. The van der Waals surface area contributed by atoms with Crippen molar-refractivity contribution >= 4 is 34.2 Å². The lowest BCUT2D eigenvalue weighted by Crippen LogP contribution is -2.50. The number of carbonyl (C=O) groups is 3. The van der Waals surface area contributed by atoms with E-state index in [9.17, 15) is 14.4 Å². The van der Waals surface area contributed by atoms with E-state index in [2.05, 4.69) is 63.7 Å². The lowest BCUT2D eigenvalue weighted by molar-refractivity contribution is -0.132. The van der Waals surface area contributed by atoms with Gasteiger partial charge in [0.25, 0.3) is 5.91 Å². The predicted octanol–water partition coefficient (Wildman–Crippen LogP) is 5.12. The number of amides is 3. The van der Waals surface area contributed by atoms with Gasteiger partial charge in [-0.25, -0.2) is 4.98 Å². The fourth-order valence-electron chi connectivity index (χ4n) is 5.53. The molecule has 4 aromatic rings. The Balaban J connectivity index is 1.14. The van der Waals surface area contributed by atoms with Crippen molar-refractivity contribution in [3.8, 4) is 5.75 Å². The molecular weight excluding hydrogens is 586 g/mol. The van der Waals surface area contributed by atoms with Crippen LogP contribution in [0.5, 0.6) is 5.75 Å². The van der Waals surface area contributed by atoms with Gasteiger partial charge in [-0.05, 0) is 49.2 Å². The molecule has 1 saturated heterocycles. The Morgan fingerprint density at radius 1 is 0.889 bits per heavy atom. The summed E-state index contributed by atoms with van der Waals surface area (Å²) in [5.41, 5.74) is 3.57. The van der Waals surface area contributed by atoms with Crippen molar-refractivity contribution in [2.24, 2.45) is 0 Å². The molecule has 0 bridgehead atoms. The van der Waals surface area contributed by atoms with Crippen LogP contribution in [0.25, 0.3) is 0 Å². The molecule has 0 saturated carbocycles. The number of ether oxygens (including phenoxy) is 1. The fourth-order valence-corrected chi connectivity index (χ4v) is 6.25. The largest absolute Gasteiger partial charge is 0.497 e. The molecular formula is C35H39N5O4S. The molecule has 5 rings (SSSR count). The van der Waals surface area contributed by atoms with Crippen LogP contribution >= 0.6 is 11.3 Å². The first-order valence-corrected chi connectivity index (χ1v) is 16.0. The van der Waals surface area contributed by atoms with Gasteiger partial charge in [0.05, 0.1) is 25.3 Å². The summed E-state index contributed by atoms with van der Waals surface area (Å²) in [5.74, 6) is 0.0813. The van der Waals surface area contributed by atoms with Crippen molar-refractivity contribution in [2.75, 3.05) is 45.2 Å². The maximum atomic E-state index is 13.2. The lowest BCUT2D eigenvalue weighted by Gasteiger charge is -2.39. The fraction of sp³-hybridized carbons (Fsp3) is 0.314. The third kappa shape index (κ3) is 8.14. The predicted molar refractivity (Wildman–Crippen MR) is 176 cm³/mol. The van der Waals surface area contributed by atoms with Gasteiger partial charge in [0.2, 0.25) is 11.8 Å². The zero-order chi connectivity index (χ0) is 31.8. The second kappa shape index (κ2) is 15.0. The number of benzene rings is 3. The molecule has 1 fully saturated rings. The van der Waals surface area contributed by atoms with Crippen LogP contribution in [-0.2, 0) is 16.0 Å². The molecule has 0 radical (unpaired) electrons. The van der Waals surface area contributed by atoms with Gasteiger partial charge in [0.15, 0.2) is 5.13 Å². The highest BCUT2D eigenvalue weighted by Crippen LogP contribution is 2.29. The van der Waals surface area contributed by atoms with Crippen molar-refractivity contribution in [3.05, 3.63) is 113 Å². The van der Waals surface area contributed by atoms with Crippen LogP contribution in [0, 0.1) is 0 Å². The maximum Gasteiger partial charge on any atom is 0.254 e. The van der Waals surface area contributed by atoms with E-state index in [1.165, 1.54) is 27.4 Å². The Bertz CT molecular complexity index is 1530. The molecule has 0 unspecified atom stereocenters. The maximum absolute atomic E-state index is 13.2. The number of carbonyl (C=O) groups excluding carboxylic acids is 3. The highest BCUT2D eigenvalue weighted by atomic mass is 32.1. The van der Waals surface area contributed by atoms with E-state index >= 15 is 0 Å². The van der Waals surface area contributed by atoms with E-state index in [1.54, 1.807) is 36.8 Å². The van der Waals surface area contributed by atoms with E-state index in [0.717, 1.165) is 13.1 Å². The number of hydrogen-bond donors (Lipinski definition) is 1. The number of aromatic nitrogens is 1. The summed E-state index contributed by atoms with van der Waals surface area (Å²) in [4.78, 5) is 49.5. The minimum absolute atomic E-state index is 0.0184. The van der Waals surface area contributed by atoms with Crippen LogP contribution in [-0.4, -0.2) is 83.3 Å². The second-order valence-corrected chi connectivity index (χ2v) is 12.1. The molecule has 0 spiro atoms. The van der Waals surface area contributed by atoms with Gasteiger partial charge >= 0.3 is 0 Å². The minimum atomic E-state index is -0.347. The van der Waals surface area contributed by atoms with Crippen molar-refractivity contribution < 1.29 is 19.1 Å². The van der Waals surface area contributed by atoms with Crippen molar-refractivity contribution in [2.45, 2.75) is 32.4 Å². The van der Waals surface area contributed by atoms with E-state index < -0.39 is 0 Å². The standard InChI is InChI=1S/C35H39N5O4S/c1-25(2)40(34(43)28-14-16-30(44-3)17-15-28)23-31(41)37-35-36-29(24-45-35)22-32(42)38-18-20-39(21-19-38)33(26-10-6-4-7-11-26)27-12-8-5-9-13-27/h4-17,24-25,33H,18-23H2,1-3H3,(H,36,37,41). The van der Waals surface area contributed by atoms with Gasteiger partial charge in [-0.2, -0.15) is 0 Å². The zero-order valence-electron chi connectivity index (χ0n) is 25.9. The lowest BCUT2D eigenvalue weighted by atomic mass is 9.96. The SMILES string of the molecule is COc1ccc(C(=O)N(CC(=O)Nc2nc(CC(=O)N3CCN(C(c4ccccc4)c4ccccc4)CC3)cs2)C(C)C)cc1. The van der Waals surface area contributed by atoms with Gasteiger partial charge < -0.3 is 19.9 Å². The van der Waals surface area contributed by atoms with Crippen molar-refractivity contribution in [1.29, 1.82) is 0 Å². The first-order valence-electron chi connectivity index (χ1n) is 15.1. The first kappa shape index (κ1) is 31.9. The Morgan fingerprint density at radius 2 is 1.49 bits per heavy atom. The number of rotatable bonds is 11. The first-order chi connectivity index (χ1) is 21.8. The van der Waals surface area contributed by atoms with E-state index in [-0.39, 0.29) is 42.8 Å². The Kier molecular flexibility index (Phi) is 10.6. The summed E-state index contributed by atoms with van der Waals surface area (Å²) in [6, 6.07) is 27.7. The molecule has 10 heteroatoms. The van der Waals surface area contributed by atoms with Crippen LogP contribution in [0.15, 0.2) is 90.3 Å². The third-order valence-corrected chi connectivity index (χ3v) is 8.73. The molecule has 234 valence electrons. The van der Waals surface area contributed by atoms with Gasteiger partial charge in [0.1, 0.15) is 12.3 Å². The zero-order valence-corrected chi connectivity index (χ0v) is 26.7. The third-order valence-electron chi connectivity index (χ3n) is 7.93. The Labute approximate surface area is 268 Å². The molecule has 1 aliphatic heterocycles. The Morgan fingerprint density at radius 3 is 2.04 bits per heavy atom. The van der Waals surface area contributed by atoms with Crippen molar-refractivity contribution in [3.63, 3.8) is 0 Å². The average molecular weight is 626 g/mol. The normalized spacial score (nSPS) is 13.6. The van der Waals surface area contributed by atoms with Gasteiger partial charge in [0, 0.05) is 43.2 Å². The highest BCUT2D eigenvalue weighted by molar-refractivity contribution is 7.13. The number of nitrogens with one attached hydrogen (secondary N) is 1. The summed E-state index contributed by atoms with van der Waals surface area (Å²) in [7, 11) is 1.57. The van der Waals surface area contributed by atoms with Gasteiger partial charge in [-0.1, -0.05) is 60.7 Å². The summed E-state index contributed by atoms with van der Waals surface area (Å²) < 4.78 is 5.17. The van der Waals surface area contributed by atoms with Gasteiger partial charge in [-0.3, -0.25) is 19.3 Å². The molecule has 1 N–H and O–H groups in total. The number of piperazine rings is 1. The topological polar surface area (TPSA) is 95.1 Å². The van der Waals surface area contributed by atoms with Crippen LogP contribution < -0.4 is 10.1 Å². The molecule has 0 aliphatic carbocycles. The molecule has 1 aliphatic rings. The average Bonchev–Trinajstić information content (AvgIpc) is 3.50. The summed E-state index contributed by atoms with van der Waals surface area (Å²) in [6.07, 6.45) is 0.168. The van der Waals surface area contributed by atoms with Crippen LogP contribution in [0.3, 0.4) is 0 Å². The molecule has 3 aromatic carbocycles. The number of hydrogen-bond acceptors (Lipinski definition) is 7. The molecule has 1 aromatic heterocycles. The monoisotopic (exact) mass is 625 g/mol. The Hall–Kier alpha value is -4.54. The molecule has 3 amide bonds. The van der Waals surface area contributed by atoms with Gasteiger partial charge in [-0.15, -0.1) is 11.3 Å². The van der Waals surface area contributed by atoms with E-state index in [0.29, 0.717) is 35.2 Å². The van der Waals surface area contributed by atoms with Crippen LogP contribution in [0.2, 0.25) is 0 Å². The van der Waals surface area contributed by atoms with Crippen molar-refractivity contribution in [1.82, 2.24) is 19.7 Å².